The lowest BCUT2D eigenvalue weighted by molar-refractivity contribution is -0.140. The van der Waals surface area contributed by atoms with E-state index in [9.17, 15) is 18.3 Å². The third-order valence-electron chi connectivity index (χ3n) is 3.09. The Bertz CT molecular complexity index is 679. The minimum absolute atomic E-state index is 0.146. The van der Waals surface area contributed by atoms with Gasteiger partial charge in [0.1, 0.15) is 6.04 Å². The Balaban J connectivity index is 2.44. The zero-order valence-corrected chi connectivity index (χ0v) is 11.1. The van der Waals surface area contributed by atoms with Crippen LogP contribution < -0.4 is 0 Å². The van der Waals surface area contributed by atoms with Crippen molar-refractivity contribution in [1.82, 2.24) is 4.31 Å². The van der Waals surface area contributed by atoms with Crippen molar-refractivity contribution in [2.75, 3.05) is 6.54 Å². The van der Waals surface area contributed by atoms with E-state index < -0.39 is 28.1 Å². The minimum Gasteiger partial charge on any atom is -0.480 e. The second-order valence-corrected chi connectivity index (χ2v) is 6.35. The molecule has 0 bridgehead atoms. The average Bonchev–Trinajstić information content (AvgIpc) is 2.82. The van der Waals surface area contributed by atoms with Crippen molar-refractivity contribution >= 4 is 16.0 Å². The molecule has 1 aromatic rings. The van der Waals surface area contributed by atoms with E-state index in [0.717, 1.165) is 4.31 Å². The lowest BCUT2D eigenvalue weighted by Crippen LogP contribution is -2.40. The Morgan fingerprint density at radius 1 is 1.45 bits per heavy atom. The first-order valence-corrected chi connectivity index (χ1v) is 7.23. The Kier molecular flexibility index (Phi) is 3.76. The van der Waals surface area contributed by atoms with E-state index >= 15 is 0 Å². The van der Waals surface area contributed by atoms with E-state index in [-0.39, 0.29) is 23.4 Å². The highest BCUT2D eigenvalue weighted by Crippen LogP contribution is 2.26. The molecule has 1 aromatic carbocycles. The third-order valence-corrected chi connectivity index (χ3v) is 4.96. The number of aliphatic hydroxyl groups excluding tert-OH is 1. The number of nitriles is 1. The molecule has 1 aliphatic heterocycles. The molecule has 7 nitrogen and oxygen atoms in total. The van der Waals surface area contributed by atoms with Crippen molar-refractivity contribution in [3.63, 3.8) is 0 Å². The molecule has 0 amide bonds. The number of hydrogen-bond acceptors (Lipinski definition) is 5. The van der Waals surface area contributed by atoms with Crippen molar-refractivity contribution in [1.29, 1.82) is 5.26 Å². The zero-order valence-electron chi connectivity index (χ0n) is 10.3. The quantitative estimate of drug-likeness (QED) is 0.795. The molecule has 1 fully saturated rings. The molecule has 2 N–H and O–H groups in total. The van der Waals surface area contributed by atoms with E-state index in [1.54, 1.807) is 0 Å². The Morgan fingerprint density at radius 2 is 2.15 bits per heavy atom. The third kappa shape index (κ3) is 2.51. The van der Waals surface area contributed by atoms with Crippen LogP contribution in [-0.4, -0.2) is 47.6 Å². The predicted molar refractivity (Wildman–Crippen MR) is 67.1 cm³/mol. The average molecular weight is 296 g/mol. The second kappa shape index (κ2) is 5.20. The Morgan fingerprint density at radius 3 is 2.75 bits per heavy atom. The number of aliphatic carboxylic acids is 1. The summed E-state index contributed by atoms with van der Waals surface area (Å²) in [5.74, 6) is -1.30. The van der Waals surface area contributed by atoms with Gasteiger partial charge in [-0.3, -0.25) is 4.79 Å². The highest BCUT2D eigenvalue weighted by atomic mass is 32.2. The molecule has 20 heavy (non-hydrogen) atoms. The van der Waals surface area contributed by atoms with Gasteiger partial charge in [0.05, 0.1) is 22.6 Å². The van der Waals surface area contributed by atoms with Gasteiger partial charge in [0.2, 0.25) is 10.0 Å². The highest BCUT2D eigenvalue weighted by Gasteiger charge is 2.43. The number of hydrogen-bond donors (Lipinski definition) is 2. The molecule has 0 aromatic heterocycles. The lowest BCUT2D eigenvalue weighted by atomic mass is 10.2. The van der Waals surface area contributed by atoms with E-state index in [4.69, 9.17) is 10.4 Å². The summed E-state index contributed by atoms with van der Waals surface area (Å²) in [6, 6.07) is 5.87. The molecule has 0 radical (unpaired) electrons. The molecule has 2 rings (SSSR count). The largest absolute Gasteiger partial charge is 0.480 e. The molecular weight excluding hydrogens is 284 g/mol. The smallest absolute Gasteiger partial charge is 0.322 e. The number of β-amino-alcohol motifs (C(OH)–C–C–N with tert-alkyl or cyclic N) is 1. The number of aliphatic hydroxyl groups is 1. The van der Waals surface area contributed by atoms with E-state index in [0.29, 0.717) is 0 Å². The lowest BCUT2D eigenvalue weighted by Gasteiger charge is -2.20. The summed E-state index contributed by atoms with van der Waals surface area (Å²) in [5, 5.41) is 27.3. The number of rotatable bonds is 3. The summed E-state index contributed by atoms with van der Waals surface area (Å²) >= 11 is 0. The molecule has 1 heterocycles. The molecule has 2 unspecified atom stereocenters. The summed E-state index contributed by atoms with van der Waals surface area (Å²) in [6.45, 7) is -0.268. The Hall–Kier alpha value is -1.95. The van der Waals surface area contributed by atoms with Gasteiger partial charge < -0.3 is 10.2 Å². The van der Waals surface area contributed by atoms with Gasteiger partial charge in [0.25, 0.3) is 0 Å². The van der Waals surface area contributed by atoms with Crippen LogP contribution >= 0.6 is 0 Å². The number of sulfonamides is 1. The van der Waals surface area contributed by atoms with Crippen LogP contribution in [0.5, 0.6) is 0 Å². The Labute approximate surface area is 115 Å². The first-order chi connectivity index (χ1) is 9.36. The van der Waals surface area contributed by atoms with Crippen molar-refractivity contribution < 1.29 is 23.4 Å². The van der Waals surface area contributed by atoms with Crippen molar-refractivity contribution in [3.8, 4) is 6.07 Å². The van der Waals surface area contributed by atoms with Crippen LogP contribution in [0.25, 0.3) is 0 Å². The van der Waals surface area contributed by atoms with Crippen LogP contribution in [0.2, 0.25) is 0 Å². The van der Waals surface area contributed by atoms with Crippen LogP contribution in [0.4, 0.5) is 0 Å². The first kappa shape index (κ1) is 14.5. The van der Waals surface area contributed by atoms with E-state index in [1.165, 1.54) is 24.3 Å². The van der Waals surface area contributed by atoms with Gasteiger partial charge >= 0.3 is 5.97 Å². The monoisotopic (exact) mass is 296 g/mol. The van der Waals surface area contributed by atoms with Gasteiger partial charge in [0.15, 0.2) is 0 Å². The van der Waals surface area contributed by atoms with E-state index in [1.807, 2.05) is 6.07 Å². The van der Waals surface area contributed by atoms with Gasteiger partial charge in [-0.15, -0.1) is 0 Å². The van der Waals surface area contributed by atoms with Crippen molar-refractivity contribution in [2.24, 2.45) is 0 Å². The maximum Gasteiger partial charge on any atom is 0.322 e. The molecule has 0 saturated carbocycles. The number of benzene rings is 1. The van der Waals surface area contributed by atoms with E-state index in [2.05, 4.69) is 0 Å². The molecule has 1 aliphatic rings. The number of carbonyl (C=O) groups is 1. The summed E-state index contributed by atoms with van der Waals surface area (Å²) in [4.78, 5) is 10.9. The maximum atomic E-state index is 12.4. The summed E-state index contributed by atoms with van der Waals surface area (Å²) < 4.78 is 25.6. The summed E-state index contributed by atoms with van der Waals surface area (Å²) in [5.41, 5.74) is 0.165. The summed E-state index contributed by atoms with van der Waals surface area (Å²) in [6.07, 6.45) is -1.16. The van der Waals surface area contributed by atoms with Gasteiger partial charge in [0, 0.05) is 13.0 Å². The van der Waals surface area contributed by atoms with Crippen LogP contribution in [0, 0.1) is 11.3 Å². The molecular formula is C12H12N2O5S. The topological polar surface area (TPSA) is 119 Å². The first-order valence-electron chi connectivity index (χ1n) is 5.79. The molecule has 1 saturated heterocycles. The number of carboxylic acids is 1. The van der Waals surface area contributed by atoms with Crippen LogP contribution in [0.3, 0.4) is 0 Å². The van der Waals surface area contributed by atoms with Gasteiger partial charge in [-0.25, -0.2) is 8.42 Å². The van der Waals surface area contributed by atoms with Crippen LogP contribution in [-0.2, 0) is 14.8 Å². The normalized spacial score (nSPS) is 23.4. The van der Waals surface area contributed by atoms with Crippen LogP contribution in [0.15, 0.2) is 29.2 Å². The van der Waals surface area contributed by atoms with Gasteiger partial charge in [-0.05, 0) is 18.2 Å². The fourth-order valence-corrected chi connectivity index (χ4v) is 3.81. The molecule has 0 aliphatic carbocycles. The molecule has 106 valence electrons. The standard InChI is InChI=1S/C12H12N2O5S/c13-6-8-2-1-3-10(4-8)20(18,19)14-7-9(15)5-11(14)12(16)17/h1-4,9,11,15H,5,7H2,(H,16,17). The molecule has 2 atom stereocenters. The van der Waals surface area contributed by atoms with Gasteiger partial charge in [-0.2, -0.15) is 9.57 Å². The SMILES string of the molecule is N#Cc1cccc(S(=O)(=O)N2CC(O)CC2C(=O)O)c1. The molecule has 0 spiro atoms. The maximum absolute atomic E-state index is 12.4. The minimum atomic E-state index is -4.06. The highest BCUT2D eigenvalue weighted by molar-refractivity contribution is 7.89. The number of carboxylic acid groups (broad SMARTS) is 1. The summed E-state index contributed by atoms with van der Waals surface area (Å²) in [7, 11) is -4.06. The van der Waals surface area contributed by atoms with Crippen molar-refractivity contribution in [2.45, 2.75) is 23.5 Å². The van der Waals surface area contributed by atoms with Crippen LogP contribution in [0.1, 0.15) is 12.0 Å². The number of nitrogens with zero attached hydrogens (tertiary/aromatic N) is 2. The molecule has 8 heteroatoms. The van der Waals surface area contributed by atoms with Crippen molar-refractivity contribution in [3.05, 3.63) is 29.8 Å². The second-order valence-electron chi connectivity index (χ2n) is 4.46. The fourth-order valence-electron chi connectivity index (χ4n) is 2.14. The fraction of sp³-hybridized carbons (Fsp3) is 0.333. The predicted octanol–water partition coefficient (Wildman–Crippen LogP) is -0.233. The zero-order chi connectivity index (χ0) is 14.9. The van der Waals surface area contributed by atoms with Gasteiger partial charge in [-0.1, -0.05) is 6.07 Å².